The molecule has 1 aromatic carbocycles. The number of hydrogen-bond acceptors (Lipinski definition) is 1. The largest absolute Gasteiger partial charge is 0.385 e. The number of aliphatic hydroxyl groups is 1. The molecular formula is C12H18BrClOSi. The lowest BCUT2D eigenvalue weighted by atomic mass is 9.98. The minimum atomic E-state index is -1.36. The fraction of sp³-hybridized carbons (Fsp3) is 0.500. The van der Waals surface area contributed by atoms with Crippen LogP contribution in [0.2, 0.25) is 30.7 Å². The van der Waals surface area contributed by atoms with E-state index in [9.17, 15) is 5.11 Å². The summed E-state index contributed by atoms with van der Waals surface area (Å²) in [5.74, 6) is 0. The lowest BCUT2D eigenvalue weighted by Gasteiger charge is -2.33. The van der Waals surface area contributed by atoms with E-state index in [1.165, 1.54) is 0 Å². The second kappa shape index (κ2) is 5.21. The summed E-state index contributed by atoms with van der Waals surface area (Å²) in [5, 5.41) is 11.9. The van der Waals surface area contributed by atoms with Gasteiger partial charge in [-0.05, 0) is 12.1 Å². The molecule has 90 valence electrons. The summed E-state index contributed by atoms with van der Waals surface area (Å²) in [5.41, 5.74) is -0.0148. The van der Waals surface area contributed by atoms with Crippen LogP contribution in [0.25, 0.3) is 0 Å². The van der Waals surface area contributed by atoms with E-state index in [-0.39, 0.29) is 0 Å². The van der Waals surface area contributed by atoms with Gasteiger partial charge in [-0.15, -0.1) is 0 Å². The first-order chi connectivity index (χ1) is 7.28. The van der Waals surface area contributed by atoms with Gasteiger partial charge in [-0.3, -0.25) is 0 Å². The molecule has 0 aliphatic carbocycles. The molecule has 0 spiro atoms. The van der Waals surface area contributed by atoms with Gasteiger partial charge in [0.25, 0.3) is 0 Å². The van der Waals surface area contributed by atoms with Gasteiger partial charge >= 0.3 is 0 Å². The van der Waals surface area contributed by atoms with Gasteiger partial charge in [0.1, 0.15) is 0 Å². The molecule has 0 amide bonds. The second-order valence-electron chi connectivity index (χ2n) is 5.38. The highest BCUT2D eigenvalue weighted by atomic mass is 79.9. The summed E-state index contributed by atoms with van der Waals surface area (Å²) < 4.78 is 0. The first-order valence-electron chi connectivity index (χ1n) is 5.32. The predicted molar refractivity (Wildman–Crippen MR) is 77.3 cm³/mol. The molecule has 0 aliphatic heterocycles. The molecule has 0 radical (unpaired) electrons. The molecule has 0 fully saturated rings. The highest BCUT2D eigenvalue weighted by Crippen LogP contribution is 2.36. The van der Waals surface area contributed by atoms with Crippen LogP contribution in [0.5, 0.6) is 0 Å². The number of rotatable bonds is 4. The molecule has 0 aliphatic rings. The molecule has 0 saturated heterocycles. The highest BCUT2D eigenvalue weighted by Gasteiger charge is 2.35. The molecule has 0 saturated carbocycles. The van der Waals surface area contributed by atoms with E-state index >= 15 is 0 Å². The third-order valence-corrected chi connectivity index (χ3v) is 5.32. The Morgan fingerprint density at radius 2 is 1.88 bits per heavy atom. The monoisotopic (exact) mass is 320 g/mol. The van der Waals surface area contributed by atoms with Crippen LogP contribution in [0.3, 0.4) is 0 Å². The normalized spacial score (nSPS) is 15.9. The molecule has 1 rings (SSSR count). The third-order valence-electron chi connectivity index (χ3n) is 2.42. The standard InChI is InChI=1S/C12H18BrClOSi/c1-16(2,3)9-12(15,8-13)10-6-4-5-7-11(10)14/h4-7,15H,8-9H2,1-3H3. The molecule has 1 N–H and O–H groups in total. The molecule has 1 unspecified atom stereocenters. The van der Waals surface area contributed by atoms with Gasteiger partial charge in [0, 0.05) is 24.0 Å². The average molecular weight is 322 g/mol. The van der Waals surface area contributed by atoms with Gasteiger partial charge in [-0.2, -0.15) is 0 Å². The SMILES string of the molecule is C[Si](C)(C)CC(O)(CBr)c1ccccc1Cl. The fourth-order valence-corrected chi connectivity index (χ4v) is 5.18. The van der Waals surface area contributed by atoms with Gasteiger partial charge in [0.2, 0.25) is 0 Å². The third kappa shape index (κ3) is 3.59. The predicted octanol–water partition coefficient (Wildman–Crippen LogP) is 4.26. The maximum absolute atomic E-state index is 10.7. The van der Waals surface area contributed by atoms with Gasteiger partial charge in [-0.1, -0.05) is 65.4 Å². The first kappa shape index (κ1) is 14.2. The number of alkyl halides is 1. The molecule has 1 aromatic rings. The zero-order chi connectivity index (χ0) is 12.4. The topological polar surface area (TPSA) is 20.2 Å². The second-order valence-corrected chi connectivity index (χ2v) is 11.8. The molecule has 1 atom stereocenters. The van der Waals surface area contributed by atoms with E-state index in [1.807, 2.05) is 24.3 Å². The van der Waals surface area contributed by atoms with Crippen molar-refractivity contribution < 1.29 is 5.11 Å². The summed E-state index contributed by atoms with van der Waals surface area (Å²) in [4.78, 5) is 0. The van der Waals surface area contributed by atoms with Crippen molar-refractivity contribution in [3.05, 3.63) is 34.9 Å². The Hall–Kier alpha value is 0.167. The van der Waals surface area contributed by atoms with Gasteiger partial charge in [0.15, 0.2) is 0 Å². The van der Waals surface area contributed by atoms with E-state index in [1.54, 1.807) is 0 Å². The summed E-state index contributed by atoms with van der Waals surface area (Å²) in [6.07, 6.45) is 0. The molecular weight excluding hydrogens is 304 g/mol. The Balaban J connectivity index is 3.10. The summed E-state index contributed by atoms with van der Waals surface area (Å²) in [7, 11) is -1.36. The molecule has 4 heteroatoms. The van der Waals surface area contributed by atoms with E-state index in [2.05, 4.69) is 35.6 Å². The van der Waals surface area contributed by atoms with Crippen molar-refractivity contribution in [2.45, 2.75) is 31.3 Å². The fourth-order valence-electron chi connectivity index (χ4n) is 1.93. The molecule has 0 bridgehead atoms. The van der Waals surface area contributed by atoms with E-state index in [0.717, 1.165) is 11.6 Å². The lowest BCUT2D eigenvalue weighted by Crippen LogP contribution is -2.37. The summed E-state index contributed by atoms with van der Waals surface area (Å²) in [6.45, 7) is 6.74. The van der Waals surface area contributed by atoms with Crippen molar-refractivity contribution in [3.63, 3.8) is 0 Å². The van der Waals surface area contributed by atoms with Crippen LogP contribution in [-0.2, 0) is 5.60 Å². The van der Waals surface area contributed by atoms with Crippen molar-refractivity contribution >= 4 is 35.6 Å². The van der Waals surface area contributed by atoms with Crippen LogP contribution < -0.4 is 0 Å². The molecule has 0 heterocycles. The Morgan fingerprint density at radius 1 is 1.31 bits per heavy atom. The summed E-state index contributed by atoms with van der Waals surface area (Å²) in [6, 6.07) is 8.33. The molecule has 0 aromatic heterocycles. The van der Waals surface area contributed by atoms with Gasteiger partial charge in [0.05, 0.1) is 5.60 Å². The van der Waals surface area contributed by atoms with Crippen molar-refractivity contribution in [3.8, 4) is 0 Å². The van der Waals surface area contributed by atoms with Crippen molar-refractivity contribution in [2.75, 3.05) is 5.33 Å². The Bertz CT molecular complexity index is 364. The number of halogens is 2. The van der Waals surface area contributed by atoms with Crippen molar-refractivity contribution in [1.82, 2.24) is 0 Å². The van der Waals surface area contributed by atoms with Crippen LogP contribution >= 0.6 is 27.5 Å². The Labute approximate surface area is 112 Å². The molecule has 1 nitrogen and oxygen atoms in total. The molecule has 16 heavy (non-hydrogen) atoms. The van der Waals surface area contributed by atoms with E-state index in [4.69, 9.17) is 11.6 Å². The Morgan fingerprint density at radius 3 is 2.31 bits per heavy atom. The van der Waals surface area contributed by atoms with Gasteiger partial charge < -0.3 is 5.11 Å². The number of benzene rings is 1. The van der Waals surface area contributed by atoms with Crippen LogP contribution in [0.4, 0.5) is 0 Å². The van der Waals surface area contributed by atoms with Crippen molar-refractivity contribution in [1.29, 1.82) is 0 Å². The Kier molecular flexibility index (Phi) is 4.64. The van der Waals surface area contributed by atoms with Crippen LogP contribution in [0, 0.1) is 0 Å². The summed E-state index contributed by atoms with van der Waals surface area (Å²) >= 11 is 9.56. The minimum absolute atomic E-state index is 0.522. The van der Waals surface area contributed by atoms with Crippen molar-refractivity contribution in [2.24, 2.45) is 0 Å². The van der Waals surface area contributed by atoms with Gasteiger partial charge in [-0.25, -0.2) is 0 Å². The van der Waals surface area contributed by atoms with E-state index < -0.39 is 13.7 Å². The quantitative estimate of drug-likeness (QED) is 0.649. The lowest BCUT2D eigenvalue weighted by molar-refractivity contribution is 0.0838. The minimum Gasteiger partial charge on any atom is -0.385 e. The zero-order valence-corrected chi connectivity index (χ0v) is 13.3. The maximum atomic E-state index is 10.7. The number of hydrogen-bond donors (Lipinski definition) is 1. The van der Waals surface area contributed by atoms with E-state index in [0.29, 0.717) is 10.4 Å². The smallest absolute Gasteiger partial charge is 0.0983 e. The van der Waals surface area contributed by atoms with Crippen LogP contribution in [-0.4, -0.2) is 18.5 Å². The first-order valence-corrected chi connectivity index (χ1v) is 10.5. The maximum Gasteiger partial charge on any atom is 0.0983 e. The zero-order valence-electron chi connectivity index (χ0n) is 9.93. The van der Waals surface area contributed by atoms with Crippen LogP contribution in [0.15, 0.2) is 24.3 Å². The highest BCUT2D eigenvalue weighted by molar-refractivity contribution is 9.09. The van der Waals surface area contributed by atoms with Crippen LogP contribution in [0.1, 0.15) is 5.56 Å². The average Bonchev–Trinajstić information content (AvgIpc) is 2.15.